The van der Waals surface area contributed by atoms with Gasteiger partial charge in [-0.15, -0.1) is 0 Å². The minimum absolute atomic E-state index is 0.209. The van der Waals surface area contributed by atoms with E-state index in [4.69, 9.17) is 14.0 Å². The molecular weight excluding hydrogens is 343 g/mol. The van der Waals surface area contributed by atoms with Gasteiger partial charge in [0.1, 0.15) is 12.4 Å². The normalized spacial score (nSPS) is 23.2. The van der Waals surface area contributed by atoms with Gasteiger partial charge in [0.05, 0.1) is 26.2 Å². The predicted molar refractivity (Wildman–Crippen MR) is 92.1 cm³/mol. The van der Waals surface area contributed by atoms with E-state index < -0.39 is 6.36 Å². The number of nitrogens with one attached hydrogen (secondary N) is 1. The van der Waals surface area contributed by atoms with Crippen LogP contribution in [0.3, 0.4) is 0 Å². The molecule has 8 nitrogen and oxygen atoms in total. The molecule has 26 heavy (non-hydrogen) atoms. The first-order valence-corrected chi connectivity index (χ1v) is 8.42. The van der Waals surface area contributed by atoms with Crippen LogP contribution in [-0.4, -0.2) is 56.5 Å². The fourth-order valence-electron chi connectivity index (χ4n) is 3.05. The molecule has 2 saturated heterocycles. The maximum atomic E-state index is 13.4. The van der Waals surface area contributed by atoms with Crippen LogP contribution in [0.2, 0.25) is 0 Å². The van der Waals surface area contributed by atoms with Gasteiger partial charge in [-0.25, -0.2) is 9.18 Å². The number of halogens is 1. The molecule has 2 atom stereocenters. The van der Waals surface area contributed by atoms with E-state index in [-0.39, 0.29) is 18.7 Å². The Morgan fingerprint density at radius 3 is 2.73 bits per heavy atom. The molecule has 1 amide bonds. The van der Waals surface area contributed by atoms with Gasteiger partial charge in [-0.3, -0.25) is 4.90 Å². The van der Waals surface area contributed by atoms with Crippen LogP contribution in [0.25, 0.3) is 0 Å². The summed E-state index contributed by atoms with van der Waals surface area (Å²) in [5.41, 5.74) is 1.64. The number of carbonyl (C=O) groups is 1. The fourth-order valence-corrected chi connectivity index (χ4v) is 3.05. The number of amides is 1. The van der Waals surface area contributed by atoms with Crippen molar-refractivity contribution in [1.82, 2.24) is 5.16 Å². The lowest BCUT2D eigenvalue weighted by Crippen LogP contribution is -2.40. The summed E-state index contributed by atoms with van der Waals surface area (Å²) >= 11 is 0. The highest BCUT2D eigenvalue weighted by Crippen LogP contribution is 2.26. The van der Waals surface area contributed by atoms with E-state index in [1.54, 1.807) is 11.0 Å². The zero-order valence-corrected chi connectivity index (χ0v) is 14.0. The second-order valence-corrected chi connectivity index (χ2v) is 6.13. The third kappa shape index (κ3) is 3.57. The number of aromatic nitrogens is 1. The molecule has 0 saturated carbocycles. The second kappa shape index (κ2) is 7.20. The van der Waals surface area contributed by atoms with Crippen molar-refractivity contribution < 1.29 is 23.2 Å². The standard InChI is InChI=1S/C17H19FN4O4/c18-15-11-21(6-8-24-15)12-1-3-13(4-2-12)22-10-14(26-17(22)23)9-19-16-5-7-25-20-16/h1-5,7,14-15H,6,8-11H2,(H,19,20)/t14-,15?/m0/s1. The average Bonchev–Trinajstić information content (AvgIpc) is 3.30. The third-order valence-corrected chi connectivity index (χ3v) is 4.37. The predicted octanol–water partition coefficient (Wildman–Crippen LogP) is 2.24. The average molecular weight is 362 g/mol. The Balaban J connectivity index is 1.37. The van der Waals surface area contributed by atoms with Crippen molar-refractivity contribution in [3.05, 3.63) is 36.6 Å². The van der Waals surface area contributed by atoms with Gasteiger partial charge in [0, 0.05) is 24.0 Å². The van der Waals surface area contributed by atoms with E-state index in [1.165, 1.54) is 6.26 Å². The van der Waals surface area contributed by atoms with Gasteiger partial charge in [-0.1, -0.05) is 5.16 Å². The molecular formula is C17H19FN4O4. The van der Waals surface area contributed by atoms with Crippen LogP contribution in [0, 0.1) is 0 Å². The van der Waals surface area contributed by atoms with Crippen molar-refractivity contribution in [2.45, 2.75) is 12.5 Å². The first-order valence-electron chi connectivity index (χ1n) is 8.42. The van der Waals surface area contributed by atoms with Gasteiger partial charge in [0.25, 0.3) is 0 Å². The van der Waals surface area contributed by atoms with Crippen molar-refractivity contribution in [3.63, 3.8) is 0 Å². The Morgan fingerprint density at radius 2 is 2.00 bits per heavy atom. The number of morpholine rings is 1. The Bertz CT molecular complexity index is 740. The molecule has 1 aromatic carbocycles. The maximum Gasteiger partial charge on any atom is 0.414 e. The lowest BCUT2D eigenvalue weighted by atomic mass is 10.2. The number of hydrogen-bond donors (Lipinski definition) is 1. The Labute approximate surface area is 149 Å². The largest absolute Gasteiger partial charge is 0.442 e. The number of nitrogens with zero attached hydrogens (tertiary/aromatic N) is 3. The molecule has 2 aliphatic heterocycles. The Kier molecular flexibility index (Phi) is 4.61. The molecule has 1 N–H and O–H groups in total. The van der Waals surface area contributed by atoms with Gasteiger partial charge < -0.3 is 24.2 Å². The number of cyclic esters (lactones) is 1. The molecule has 138 valence electrons. The molecule has 2 aromatic rings. The van der Waals surface area contributed by atoms with E-state index in [0.717, 1.165) is 11.4 Å². The third-order valence-electron chi connectivity index (χ3n) is 4.37. The van der Waals surface area contributed by atoms with Crippen LogP contribution in [-0.2, 0) is 9.47 Å². The molecule has 2 fully saturated rings. The second-order valence-electron chi connectivity index (χ2n) is 6.13. The highest BCUT2D eigenvalue weighted by atomic mass is 19.1. The van der Waals surface area contributed by atoms with E-state index in [0.29, 0.717) is 32.1 Å². The van der Waals surface area contributed by atoms with Gasteiger partial charge in [0.2, 0.25) is 6.36 Å². The molecule has 9 heteroatoms. The maximum absolute atomic E-state index is 13.4. The lowest BCUT2D eigenvalue weighted by molar-refractivity contribution is -0.0465. The smallest absolute Gasteiger partial charge is 0.414 e. The van der Waals surface area contributed by atoms with Gasteiger partial charge >= 0.3 is 6.09 Å². The number of anilines is 3. The van der Waals surface area contributed by atoms with Crippen LogP contribution < -0.4 is 15.1 Å². The summed E-state index contributed by atoms with van der Waals surface area (Å²) < 4.78 is 28.4. The number of hydrogen-bond acceptors (Lipinski definition) is 7. The van der Waals surface area contributed by atoms with Crippen molar-refractivity contribution in [3.8, 4) is 0 Å². The molecule has 1 unspecified atom stereocenters. The van der Waals surface area contributed by atoms with Crippen molar-refractivity contribution in [1.29, 1.82) is 0 Å². The molecule has 0 bridgehead atoms. The van der Waals surface area contributed by atoms with E-state index in [2.05, 4.69) is 10.5 Å². The SMILES string of the molecule is O=C1O[C@@H](CNc2ccon2)CN1c1ccc(N2CCOC(F)C2)cc1. The summed E-state index contributed by atoms with van der Waals surface area (Å²) in [6, 6.07) is 9.13. The van der Waals surface area contributed by atoms with Gasteiger partial charge in [-0.05, 0) is 24.3 Å². The summed E-state index contributed by atoms with van der Waals surface area (Å²) in [4.78, 5) is 15.6. The Morgan fingerprint density at radius 1 is 1.19 bits per heavy atom. The molecule has 3 heterocycles. The highest BCUT2D eigenvalue weighted by Gasteiger charge is 2.32. The minimum Gasteiger partial charge on any atom is -0.442 e. The number of alkyl halides is 1. The Hall–Kier alpha value is -2.81. The molecule has 0 radical (unpaired) electrons. The molecule has 4 rings (SSSR count). The molecule has 2 aliphatic rings. The zero-order chi connectivity index (χ0) is 17.9. The number of carbonyl (C=O) groups excluding carboxylic acids is 1. The first kappa shape index (κ1) is 16.6. The van der Waals surface area contributed by atoms with Gasteiger partial charge in [-0.2, -0.15) is 0 Å². The molecule has 0 aliphatic carbocycles. The van der Waals surface area contributed by atoms with Crippen LogP contribution in [0.1, 0.15) is 0 Å². The fraction of sp³-hybridized carbons (Fsp3) is 0.412. The van der Waals surface area contributed by atoms with Crippen LogP contribution >= 0.6 is 0 Å². The summed E-state index contributed by atoms with van der Waals surface area (Å²) in [5, 5.41) is 6.81. The summed E-state index contributed by atoms with van der Waals surface area (Å²) in [7, 11) is 0. The number of benzene rings is 1. The number of ether oxygens (including phenoxy) is 2. The molecule has 1 aromatic heterocycles. The zero-order valence-electron chi connectivity index (χ0n) is 14.0. The quantitative estimate of drug-likeness (QED) is 0.874. The van der Waals surface area contributed by atoms with Crippen LogP contribution in [0.4, 0.5) is 26.4 Å². The van der Waals surface area contributed by atoms with Crippen molar-refractivity contribution in [2.75, 3.05) is 47.9 Å². The van der Waals surface area contributed by atoms with E-state index >= 15 is 0 Å². The topological polar surface area (TPSA) is 80.1 Å². The number of rotatable bonds is 5. The summed E-state index contributed by atoms with van der Waals surface area (Å²) in [6.07, 6.45) is -0.476. The first-order chi connectivity index (χ1) is 12.7. The van der Waals surface area contributed by atoms with Crippen LogP contribution in [0.5, 0.6) is 0 Å². The van der Waals surface area contributed by atoms with Crippen molar-refractivity contribution >= 4 is 23.3 Å². The summed E-state index contributed by atoms with van der Waals surface area (Å²) in [6.45, 7) is 2.09. The van der Waals surface area contributed by atoms with Crippen molar-refractivity contribution in [2.24, 2.45) is 0 Å². The van der Waals surface area contributed by atoms with Crippen LogP contribution in [0.15, 0.2) is 41.1 Å². The minimum atomic E-state index is -1.27. The van der Waals surface area contributed by atoms with E-state index in [9.17, 15) is 9.18 Å². The van der Waals surface area contributed by atoms with E-state index in [1.807, 2.05) is 29.2 Å². The van der Waals surface area contributed by atoms with Gasteiger partial charge in [0.15, 0.2) is 5.82 Å². The molecule has 0 spiro atoms. The monoisotopic (exact) mass is 362 g/mol. The highest BCUT2D eigenvalue weighted by molar-refractivity contribution is 5.90. The summed E-state index contributed by atoms with van der Waals surface area (Å²) in [5.74, 6) is 0.598. The lowest BCUT2D eigenvalue weighted by Gasteiger charge is -2.31.